The molecule has 0 bridgehead atoms. The van der Waals surface area contributed by atoms with E-state index in [4.69, 9.17) is 4.74 Å². The van der Waals surface area contributed by atoms with Gasteiger partial charge in [0.2, 0.25) is 0 Å². The van der Waals surface area contributed by atoms with Crippen molar-refractivity contribution in [3.05, 3.63) is 12.2 Å². The highest BCUT2D eigenvalue weighted by Crippen LogP contribution is 2.19. The van der Waals surface area contributed by atoms with E-state index in [1.54, 1.807) is 0 Å². The van der Waals surface area contributed by atoms with Crippen LogP contribution in [-0.2, 0) is 9.53 Å². The summed E-state index contributed by atoms with van der Waals surface area (Å²) >= 11 is 0. The molecule has 0 N–H and O–H groups in total. The van der Waals surface area contributed by atoms with Crippen molar-refractivity contribution in [1.82, 2.24) is 0 Å². The lowest BCUT2D eigenvalue weighted by molar-refractivity contribution is -0.139. The predicted molar refractivity (Wildman–Crippen MR) is 133 cm³/mol. The Hall–Kier alpha value is -0.790. The van der Waals surface area contributed by atoms with Crippen molar-refractivity contribution in [2.75, 3.05) is 6.61 Å². The van der Waals surface area contributed by atoms with Crippen LogP contribution < -0.4 is 0 Å². The first-order chi connectivity index (χ1) is 14.6. The predicted octanol–water partition coefficient (Wildman–Crippen LogP) is 9.56. The van der Waals surface area contributed by atoms with E-state index in [9.17, 15) is 4.79 Å². The maximum absolute atomic E-state index is 12.1. The molecule has 2 nitrogen and oxygen atoms in total. The molecule has 0 aliphatic carbocycles. The van der Waals surface area contributed by atoms with Gasteiger partial charge in [0.05, 0.1) is 6.61 Å². The molecular formula is C28H54O2. The fourth-order valence-corrected chi connectivity index (χ4v) is 4.09. The zero-order valence-corrected chi connectivity index (χ0v) is 21.0. The third-order valence-electron chi connectivity index (χ3n) is 6.17. The molecule has 0 fully saturated rings. The van der Waals surface area contributed by atoms with E-state index in [-0.39, 0.29) is 5.97 Å². The molecule has 0 aromatic carbocycles. The van der Waals surface area contributed by atoms with Gasteiger partial charge < -0.3 is 4.74 Å². The molecule has 0 radical (unpaired) electrons. The molecule has 0 spiro atoms. The molecule has 0 saturated carbocycles. The molecule has 0 heterocycles. The fraction of sp³-hybridized carbons (Fsp3) is 0.893. The van der Waals surface area contributed by atoms with E-state index >= 15 is 0 Å². The minimum Gasteiger partial charge on any atom is -0.462 e. The molecular weight excluding hydrogens is 368 g/mol. The first kappa shape index (κ1) is 29.2. The number of carbonyl (C=O) groups excluding carboxylic acids is 1. The lowest BCUT2D eigenvalue weighted by atomic mass is 9.95. The lowest BCUT2D eigenvalue weighted by Crippen LogP contribution is -2.11. The van der Waals surface area contributed by atoms with E-state index in [1.807, 2.05) is 0 Å². The normalized spacial score (nSPS) is 12.1. The summed E-state index contributed by atoms with van der Waals surface area (Å²) in [5, 5.41) is 0. The number of ether oxygens (including phenoxy) is 1. The molecule has 0 aliphatic rings. The first-order valence-corrected chi connectivity index (χ1v) is 13.5. The summed E-state index contributed by atoms with van der Waals surface area (Å²) in [5.41, 5.74) is 0.660. The van der Waals surface area contributed by atoms with Gasteiger partial charge in [-0.2, -0.15) is 0 Å². The van der Waals surface area contributed by atoms with Gasteiger partial charge in [-0.25, -0.2) is 4.79 Å². The summed E-state index contributed by atoms with van der Waals surface area (Å²) in [4.78, 5) is 12.1. The topological polar surface area (TPSA) is 26.3 Å². The van der Waals surface area contributed by atoms with Crippen molar-refractivity contribution in [2.45, 2.75) is 149 Å². The van der Waals surface area contributed by atoms with Crippen LogP contribution in [0.5, 0.6) is 0 Å². The highest BCUT2D eigenvalue weighted by molar-refractivity contribution is 5.87. The SMILES string of the molecule is C=C(CC(C)CCCCCCCC)C(=O)OCCCCCCCCCCCCCC. The Kier molecular flexibility index (Phi) is 22.3. The average Bonchev–Trinajstić information content (AvgIpc) is 2.73. The fourth-order valence-electron chi connectivity index (χ4n) is 4.09. The molecule has 0 aliphatic heterocycles. The Morgan fingerprint density at radius 1 is 0.667 bits per heavy atom. The summed E-state index contributed by atoms with van der Waals surface area (Å²) in [7, 11) is 0. The van der Waals surface area contributed by atoms with Crippen molar-refractivity contribution in [3.8, 4) is 0 Å². The lowest BCUT2D eigenvalue weighted by Gasteiger charge is -2.13. The highest BCUT2D eigenvalue weighted by Gasteiger charge is 2.12. The summed E-state index contributed by atoms with van der Waals surface area (Å²) in [5.74, 6) is 0.357. The molecule has 0 amide bonds. The van der Waals surface area contributed by atoms with Gasteiger partial charge in [0.15, 0.2) is 0 Å². The second kappa shape index (κ2) is 22.9. The Balaban J connectivity index is 3.45. The zero-order chi connectivity index (χ0) is 22.3. The summed E-state index contributed by atoms with van der Waals surface area (Å²) in [6, 6.07) is 0. The number of rotatable bonds is 23. The summed E-state index contributed by atoms with van der Waals surface area (Å²) in [6.07, 6.45) is 25.8. The van der Waals surface area contributed by atoms with Crippen LogP contribution in [0.3, 0.4) is 0 Å². The van der Waals surface area contributed by atoms with Crippen molar-refractivity contribution >= 4 is 5.97 Å². The standard InChI is InChI=1S/C28H54O2/c1-5-7-9-11-13-14-15-16-17-18-20-22-24-30-28(29)27(4)25-26(3)23-21-19-12-10-8-6-2/h26H,4-25H2,1-3H3. The van der Waals surface area contributed by atoms with Gasteiger partial charge in [0, 0.05) is 5.57 Å². The maximum atomic E-state index is 12.1. The Labute approximate surface area is 189 Å². The largest absolute Gasteiger partial charge is 0.462 e. The van der Waals surface area contributed by atoms with Gasteiger partial charge in [-0.05, 0) is 18.8 Å². The van der Waals surface area contributed by atoms with E-state index in [2.05, 4.69) is 27.4 Å². The van der Waals surface area contributed by atoms with Gasteiger partial charge in [0.1, 0.15) is 0 Å². The highest BCUT2D eigenvalue weighted by atomic mass is 16.5. The van der Waals surface area contributed by atoms with Crippen molar-refractivity contribution < 1.29 is 9.53 Å². The molecule has 1 unspecified atom stereocenters. The van der Waals surface area contributed by atoms with Crippen molar-refractivity contribution in [1.29, 1.82) is 0 Å². The van der Waals surface area contributed by atoms with Gasteiger partial charge in [0.25, 0.3) is 0 Å². The molecule has 0 aromatic heterocycles. The van der Waals surface area contributed by atoms with Crippen LogP contribution in [-0.4, -0.2) is 12.6 Å². The Bertz CT molecular complexity index is 388. The number of esters is 1. The molecule has 1 atom stereocenters. The van der Waals surface area contributed by atoms with E-state index < -0.39 is 0 Å². The van der Waals surface area contributed by atoms with Crippen LogP contribution in [0.2, 0.25) is 0 Å². The van der Waals surface area contributed by atoms with Gasteiger partial charge >= 0.3 is 5.97 Å². The minimum absolute atomic E-state index is 0.173. The molecule has 2 heteroatoms. The molecule has 0 rings (SSSR count). The molecule has 178 valence electrons. The molecule has 0 aromatic rings. The van der Waals surface area contributed by atoms with Gasteiger partial charge in [-0.1, -0.05) is 143 Å². The van der Waals surface area contributed by atoms with Crippen molar-refractivity contribution in [2.24, 2.45) is 5.92 Å². The van der Waals surface area contributed by atoms with Gasteiger partial charge in [-0.3, -0.25) is 0 Å². The summed E-state index contributed by atoms with van der Waals surface area (Å²) in [6.45, 7) is 11.3. The average molecular weight is 423 g/mol. The molecule has 30 heavy (non-hydrogen) atoms. The van der Waals surface area contributed by atoms with Crippen LogP contribution in [0.25, 0.3) is 0 Å². The van der Waals surface area contributed by atoms with Crippen LogP contribution >= 0.6 is 0 Å². The van der Waals surface area contributed by atoms with E-state index in [1.165, 1.54) is 116 Å². The number of hydrogen-bond donors (Lipinski definition) is 0. The van der Waals surface area contributed by atoms with Gasteiger partial charge in [-0.15, -0.1) is 0 Å². The summed E-state index contributed by atoms with van der Waals surface area (Å²) < 4.78 is 5.43. The number of carbonyl (C=O) groups is 1. The minimum atomic E-state index is -0.173. The van der Waals surface area contributed by atoms with Crippen LogP contribution in [0, 0.1) is 5.92 Å². The second-order valence-electron chi connectivity index (χ2n) is 9.49. The first-order valence-electron chi connectivity index (χ1n) is 13.5. The van der Waals surface area contributed by atoms with Crippen molar-refractivity contribution in [3.63, 3.8) is 0 Å². The van der Waals surface area contributed by atoms with Crippen LogP contribution in [0.15, 0.2) is 12.2 Å². The smallest absolute Gasteiger partial charge is 0.333 e. The van der Waals surface area contributed by atoms with Crippen LogP contribution in [0.4, 0.5) is 0 Å². The monoisotopic (exact) mass is 422 g/mol. The Morgan fingerprint density at radius 3 is 1.53 bits per heavy atom. The van der Waals surface area contributed by atoms with E-state index in [0.717, 1.165) is 12.8 Å². The third-order valence-corrected chi connectivity index (χ3v) is 6.17. The second-order valence-corrected chi connectivity index (χ2v) is 9.49. The third kappa shape index (κ3) is 20.5. The Morgan fingerprint density at radius 2 is 1.07 bits per heavy atom. The van der Waals surface area contributed by atoms with E-state index in [0.29, 0.717) is 18.1 Å². The number of unbranched alkanes of at least 4 members (excludes halogenated alkanes) is 16. The van der Waals surface area contributed by atoms with Crippen LogP contribution in [0.1, 0.15) is 149 Å². The zero-order valence-electron chi connectivity index (χ0n) is 21.0. The maximum Gasteiger partial charge on any atom is 0.333 e. The molecule has 0 saturated heterocycles. The number of hydrogen-bond acceptors (Lipinski definition) is 2. The quantitative estimate of drug-likeness (QED) is 0.0930.